The molecule has 110 valence electrons. The second-order valence-electron chi connectivity index (χ2n) is 4.03. The number of rotatable bonds is 3. The molecule has 0 aromatic heterocycles. The lowest BCUT2D eigenvalue weighted by molar-refractivity contribution is -0.167. The average Bonchev–Trinajstić information content (AvgIpc) is 2.42. The van der Waals surface area contributed by atoms with Crippen molar-refractivity contribution in [2.24, 2.45) is 0 Å². The van der Waals surface area contributed by atoms with Gasteiger partial charge in [0.2, 0.25) is 0 Å². The van der Waals surface area contributed by atoms with Crippen LogP contribution in [0.15, 0.2) is 48.5 Å². The van der Waals surface area contributed by atoms with Gasteiger partial charge in [-0.3, -0.25) is 4.79 Å². The van der Waals surface area contributed by atoms with Gasteiger partial charge in [0.15, 0.2) is 0 Å². The normalized spacial score (nSPS) is 11.0. The van der Waals surface area contributed by atoms with Crippen LogP contribution in [-0.2, 0) is 4.79 Å². The van der Waals surface area contributed by atoms with E-state index in [4.69, 9.17) is 16.3 Å². The van der Waals surface area contributed by atoms with Crippen molar-refractivity contribution >= 4 is 23.2 Å². The molecular formula is C14H9ClF3NO2. The summed E-state index contributed by atoms with van der Waals surface area (Å²) < 4.78 is 41.7. The van der Waals surface area contributed by atoms with Gasteiger partial charge in [0, 0.05) is 10.7 Å². The van der Waals surface area contributed by atoms with E-state index < -0.39 is 12.1 Å². The summed E-state index contributed by atoms with van der Waals surface area (Å²) in [4.78, 5) is 10.8. The lowest BCUT2D eigenvalue weighted by Crippen LogP contribution is -2.29. The van der Waals surface area contributed by atoms with Crippen molar-refractivity contribution in [1.29, 1.82) is 0 Å². The van der Waals surface area contributed by atoms with E-state index >= 15 is 0 Å². The maximum Gasteiger partial charge on any atom is 0.471 e. The quantitative estimate of drug-likeness (QED) is 0.896. The van der Waals surface area contributed by atoms with Crippen LogP contribution in [0.2, 0.25) is 5.02 Å². The van der Waals surface area contributed by atoms with Crippen LogP contribution in [0.5, 0.6) is 11.5 Å². The summed E-state index contributed by atoms with van der Waals surface area (Å²) in [6.07, 6.45) is -4.92. The second kappa shape index (κ2) is 6.05. The highest BCUT2D eigenvalue weighted by Crippen LogP contribution is 2.25. The Morgan fingerprint density at radius 3 is 1.90 bits per heavy atom. The van der Waals surface area contributed by atoms with E-state index in [0.29, 0.717) is 16.5 Å². The molecule has 0 fully saturated rings. The Morgan fingerprint density at radius 2 is 1.43 bits per heavy atom. The second-order valence-corrected chi connectivity index (χ2v) is 4.47. The molecule has 0 aliphatic rings. The average molecular weight is 316 g/mol. The minimum Gasteiger partial charge on any atom is -0.457 e. The number of benzene rings is 2. The van der Waals surface area contributed by atoms with Crippen LogP contribution in [0.25, 0.3) is 0 Å². The van der Waals surface area contributed by atoms with Crippen molar-refractivity contribution in [1.82, 2.24) is 0 Å². The summed E-state index contributed by atoms with van der Waals surface area (Å²) in [6, 6.07) is 12.1. The van der Waals surface area contributed by atoms with Gasteiger partial charge < -0.3 is 10.1 Å². The van der Waals surface area contributed by atoms with Gasteiger partial charge in [-0.25, -0.2) is 0 Å². The number of nitrogens with one attached hydrogen (secondary N) is 1. The van der Waals surface area contributed by atoms with E-state index in [1.807, 2.05) is 0 Å². The standard InChI is InChI=1S/C14H9ClF3NO2/c15-9-1-5-11(6-2-9)21-12-7-3-10(4-8-12)19-13(20)14(16,17)18/h1-8H,(H,19,20). The molecule has 0 unspecified atom stereocenters. The molecule has 3 nitrogen and oxygen atoms in total. The van der Waals surface area contributed by atoms with Crippen molar-refractivity contribution in [3.8, 4) is 11.5 Å². The largest absolute Gasteiger partial charge is 0.471 e. The number of carbonyl (C=O) groups is 1. The third-order valence-electron chi connectivity index (χ3n) is 2.42. The zero-order chi connectivity index (χ0) is 15.5. The van der Waals surface area contributed by atoms with Gasteiger partial charge in [-0.1, -0.05) is 11.6 Å². The minimum atomic E-state index is -4.92. The molecule has 7 heteroatoms. The third-order valence-corrected chi connectivity index (χ3v) is 2.67. The Morgan fingerprint density at radius 1 is 0.952 bits per heavy atom. The number of carbonyl (C=O) groups excluding carboxylic acids is 1. The smallest absolute Gasteiger partial charge is 0.457 e. The van der Waals surface area contributed by atoms with Gasteiger partial charge in [0.1, 0.15) is 11.5 Å². The fourth-order valence-electron chi connectivity index (χ4n) is 1.45. The van der Waals surface area contributed by atoms with Crippen LogP contribution in [0.1, 0.15) is 0 Å². The molecule has 0 heterocycles. The number of halogens is 4. The lowest BCUT2D eigenvalue weighted by Gasteiger charge is -2.09. The van der Waals surface area contributed by atoms with E-state index in [1.165, 1.54) is 24.3 Å². The molecule has 0 aliphatic heterocycles. The topological polar surface area (TPSA) is 38.3 Å². The van der Waals surface area contributed by atoms with Gasteiger partial charge in [-0.15, -0.1) is 0 Å². The molecule has 0 bridgehead atoms. The van der Waals surface area contributed by atoms with E-state index in [2.05, 4.69) is 0 Å². The van der Waals surface area contributed by atoms with Crippen LogP contribution in [-0.4, -0.2) is 12.1 Å². The Labute approximate surface area is 123 Å². The highest BCUT2D eigenvalue weighted by molar-refractivity contribution is 6.30. The highest BCUT2D eigenvalue weighted by Gasteiger charge is 2.38. The maximum absolute atomic E-state index is 12.1. The monoisotopic (exact) mass is 315 g/mol. The SMILES string of the molecule is O=C(Nc1ccc(Oc2ccc(Cl)cc2)cc1)C(F)(F)F. The van der Waals surface area contributed by atoms with Crippen molar-refractivity contribution < 1.29 is 22.7 Å². The van der Waals surface area contributed by atoms with E-state index in [9.17, 15) is 18.0 Å². The lowest BCUT2D eigenvalue weighted by atomic mass is 10.3. The van der Waals surface area contributed by atoms with Crippen molar-refractivity contribution in [3.05, 3.63) is 53.6 Å². The Balaban J connectivity index is 2.02. The molecule has 0 saturated heterocycles. The van der Waals surface area contributed by atoms with Crippen LogP contribution >= 0.6 is 11.6 Å². The summed E-state index contributed by atoms with van der Waals surface area (Å²) in [6.45, 7) is 0. The van der Waals surface area contributed by atoms with Gasteiger partial charge in [-0.2, -0.15) is 13.2 Å². The number of hydrogen-bond acceptors (Lipinski definition) is 2. The van der Waals surface area contributed by atoms with Crippen molar-refractivity contribution in [2.45, 2.75) is 6.18 Å². The van der Waals surface area contributed by atoms with Crippen LogP contribution < -0.4 is 10.1 Å². The zero-order valence-electron chi connectivity index (χ0n) is 10.4. The van der Waals surface area contributed by atoms with Gasteiger partial charge in [0.25, 0.3) is 0 Å². The molecule has 1 N–H and O–H groups in total. The minimum absolute atomic E-state index is 0.0285. The van der Waals surface area contributed by atoms with E-state index in [0.717, 1.165) is 0 Å². The number of hydrogen-bond donors (Lipinski definition) is 1. The molecule has 2 aromatic carbocycles. The molecule has 0 aliphatic carbocycles. The summed E-state index contributed by atoms with van der Waals surface area (Å²) >= 11 is 5.73. The Bertz CT molecular complexity index is 624. The molecule has 21 heavy (non-hydrogen) atoms. The third kappa shape index (κ3) is 4.39. The molecule has 0 atom stereocenters. The number of alkyl halides is 3. The molecule has 2 rings (SSSR count). The van der Waals surface area contributed by atoms with Crippen molar-refractivity contribution in [2.75, 3.05) is 5.32 Å². The summed E-state index contributed by atoms with van der Waals surface area (Å²) in [5.41, 5.74) is 0.0285. The highest BCUT2D eigenvalue weighted by atomic mass is 35.5. The molecular weight excluding hydrogens is 307 g/mol. The first-order chi connectivity index (χ1) is 9.84. The zero-order valence-corrected chi connectivity index (χ0v) is 11.2. The summed E-state index contributed by atoms with van der Waals surface area (Å²) in [7, 11) is 0. The summed E-state index contributed by atoms with van der Waals surface area (Å²) in [5, 5.41) is 2.31. The van der Waals surface area contributed by atoms with Crippen molar-refractivity contribution in [3.63, 3.8) is 0 Å². The van der Waals surface area contributed by atoms with E-state index in [-0.39, 0.29) is 5.69 Å². The first-order valence-corrected chi connectivity index (χ1v) is 6.14. The fourth-order valence-corrected chi connectivity index (χ4v) is 1.57. The van der Waals surface area contributed by atoms with Crippen LogP contribution in [0, 0.1) is 0 Å². The predicted octanol–water partition coefficient (Wildman–Crippen LogP) is 4.63. The van der Waals surface area contributed by atoms with E-state index in [1.54, 1.807) is 29.6 Å². The maximum atomic E-state index is 12.1. The van der Waals surface area contributed by atoms with Gasteiger partial charge in [0.05, 0.1) is 0 Å². The summed E-state index contributed by atoms with van der Waals surface area (Å²) in [5.74, 6) is -1.07. The first kappa shape index (κ1) is 15.2. The fraction of sp³-hybridized carbons (Fsp3) is 0.0714. The molecule has 0 saturated carbocycles. The van der Waals surface area contributed by atoms with Gasteiger partial charge >= 0.3 is 12.1 Å². The molecule has 2 aromatic rings. The van der Waals surface area contributed by atoms with Crippen LogP contribution in [0.4, 0.5) is 18.9 Å². The Kier molecular flexibility index (Phi) is 4.37. The first-order valence-electron chi connectivity index (χ1n) is 5.76. The van der Waals surface area contributed by atoms with Crippen LogP contribution in [0.3, 0.4) is 0 Å². The predicted molar refractivity (Wildman–Crippen MR) is 72.7 cm³/mol. The number of anilines is 1. The molecule has 0 spiro atoms. The number of ether oxygens (including phenoxy) is 1. The van der Waals surface area contributed by atoms with Gasteiger partial charge in [-0.05, 0) is 48.5 Å². The number of amides is 1. The molecule has 0 radical (unpaired) electrons. The Hall–Kier alpha value is -2.21. The molecule has 1 amide bonds.